The average molecular weight is 366 g/mol. The van der Waals surface area contributed by atoms with Gasteiger partial charge in [0.05, 0.1) is 27.5 Å². The molecule has 3 aromatic rings. The molecule has 1 atom stereocenters. The molecule has 0 saturated carbocycles. The second-order valence-electron chi connectivity index (χ2n) is 5.06. The Morgan fingerprint density at radius 3 is 2.96 bits per heavy atom. The smallest absolute Gasteiger partial charge is 0.237 e. The number of halogens is 2. The highest BCUT2D eigenvalue weighted by Crippen LogP contribution is 2.29. The number of aromatic nitrogens is 4. The van der Waals surface area contributed by atoms with Crippen LogP contribution in [-0.2, 0) is 11.8 Å². The Kier molecular flexibility index (Phi) is 4.68. The molecule has 9 heteroatoms. The number of aryl methyl sites for hydroxylation is 1. The maximum Gasteiger partial charge on any atom is 0.237 e. The van der Waals surface area contributed by atoms with Crippen LogP contribution in [0.3, 0.4) is 0 Å². The number of carbonyl (C=O) groups excluding carboxylic acids is 1. The third-order valence-electron chi connectivity index (χ3n) is 3.34. The number of thioether (sulfide) groups is 1. The third-order valence-corrected chi connectivity index (χ3v) is 4.77. The molecule has 2 heterocycles. The molecule has 1 unspecified atom stereocenters. The van der Waals surface area contributed by atoms with E-state index in [4.69, 9.17) is 11.6 Å². The first-order valence-electron chi connectivity index (χ1n) is 7.01. The Labute approximate surface area is 146 Å². The van der Waals surface area contributed by atoms with E-state index in [0.717, 1.165) is 11.5 Å². The summed E-state index contributed by atoms with van der Waals surface area (Å²) in [5.74, 6) is -0.718. The van der Waals surface area contributed by atoms with Crippen LogP contribution in [0.15, 0.2) is 35.7 Å². The van der Waals surface area contributed by atoms with Crippen molar-refractivity contribution in [2.75, 3.05) is 5.32 Å². The largest absolute Gasteiger partial charge is 0.324 e. The van der Waals surface area contributed by atoms with Gasteiger partial charge in [0, 0.05) is 7.05 Å². The predicted octanol–water partition coefficient (Wildman–Crippen LogP) is 3.28. The average Bonchev–Trinajstić information content (AvgIpc) is 2.92. The van der Waals surface area contributed by atoms with Crippen molar-refractivity contribution < 1.29 is 9.18 Å². The van der Waals surface area contributed by atoms with E-state index in [0.29, 0.717) is 16.4 Å². The molecule has 0 aliphatic heterocycles. The van der Waals surface area contributed by atoms with Crippen LogP contribution >= 0.6 is 23.4 Å². The van der Waals surface area contributed by atoms with E-state index in [1.165, 1.54) is 30.2 Å². The third kappa shape index (κ3) is 3.34. The Hall–Kier alpha value is -2.19. The molecular formula is C15H13ClFN5OS. The first kappa shape index (κ1) is 16.7. The van der Waals surface area contributed by atoms with Crippen LogP contribution in [0.5, 0.6) is 0 Å². The number of fused-ring (bicyclic) bond motifs is 1. The molecular weight excluding hydrogens is 353 g/mol. The molecule has 0 saturated heterocycles. The minimum atomic E-state index is -0.458. The maximum absolute atomic E-state index is 13.1. The first-order valence-corrected chi connectivity index (χ1v) is 8.26. The molecule has 1 N–H and O–H groups in total. The van der Waals surface area contributed by atoms with Gasteiger partial charge in [0.15, 0.2) is 5.65 Å². The zero-order valence-corrected chi connectivity index (χ0v) is 14.4. The lowest BCUT2D eigenvalue weighted by Gasteiger charge is -2.12. The van der Waals surface area contributed by atoms with Gasteiger partial charge in [0.25, 0.3) is 0 Å². The summed E-state index contributed by atoms with van der Waals surface area (Å²) in [6.07, 6.45) is 3.10. The fourth-order valence-electron chi connectivity index (χ4n) is 2.08. The van der Waals surface area contributed by atoms with E-state index >= 15 is 0 Å². The number of anilines is 1. The molecule has 0 aliphatic carbocycles. The number of nitrogens with zero attached hydrogens (tertiary/aromatic N) is 4. The van der Waals surface area contributed by atoms with Gasteiger partial charge in [0.2, 0.25) is 5.91 Å². The molecule has 124 valence electrons. The first-order chi connectivity index (χ1) is 11.5. The molecule has 1 amide bonds. The van der Waals surface area contributed by atoms with Gasteiger partial charge in [-0.1, -0.05) is 23.4 Å². The van der Waals surface area contributed by atoms with Gasteiger partial charge < -0.3 is 5.32 Å². The van der Waals surface area contributed by atoms with Gasteiger partial charge in [-0.25, -0.2) is 14.4 Å². The number of hydrogen-bond acceptors (Lipinski definition) is 5. The molecule has 1 aromatic carbocycles. The van der Waals surface area contributed by atoms with E-state index in [1.54, 1.807) is 24.9 Å². The van der Waals surface area contributed by atoms with Crippen molar-refractivity contribution >= 4 is 46.0 Å². The molecule has 2 aromatic heterocycles. The van der Waals surface area contributed by atoms with Crippen molar-refractivity contribution in [3.8, 4) is 0 Å². The Morgan fingerprint density at radius 1 is 1.42 bits per heavy atom. The quantitative estimate of drug-likeness (QED) is 0.567. The lowest BCUT2D eigenvalue weighted by Crippen LogP contribution is -2.22. The van der Waals surface area contributed by atoms with Crippen LogP contribution in [-0.4, -0.2) is 30.9 Å². The molecule has 6 nitrogen and oxygen atoms in total. The number of carbonyl (C=O) groups is 1. The van der Waals surface area contributed by atoms with Crippen LogP contribution in [0.2, 0.25) is 5.02 Å². The fourth-order valence-corrected chi connectivity index (χ4v) is 3.17. The van der Waals surface area contributed by atoms with Crippen molar-refractivity contribution in [2.24, 2.45) is 7.05 Å². The lowest BCUT2D eigenvalue weighted by atomic mass is 10.3. The van der Waals surface area contributed by atoms with Crippen molar-refractivity contribution in [3.05, 3.63) is 41.6 Å². The van der Waals surface area contributed by atoms with E-state index in [1.807, 2.05) is 0 Å². The molecule has 0 aliphatic rings. The zero-order valence-electron chi connectivity index (χ0n) is 12.8. The van der Waals surface area contributed by atoms with Crippen molar-refractivity contribution in [2.45, 2.75) is 17.2 Å². The van der Waals surface area contributed by atoms with E-state index in [2.05, 4.69) is 20.4 Å². The summed E-state index contributed by atoms with van der Waals surface area (Å²) in [6, 6.07) is 3.82. The number of nitrogens with one attached hydrogen (secondary N) is 1. The fraction of sp³-hybridized carbons (Fsp3) is 0.200. The highest BCUT2D eigenvalue weighted by atomic mass is 35.5. The van der Waals surface area contributed by atoms with Gasteiger partial charge >= 0.3 is 0 Å². The summed E-state index contributed by atoms with van der Waals surface area (Å²) in [6.45, 7) is 1.75. The summed E-state index contributed by atoms with van der Waals surface area (Å²) in [7, 11) is 1.79. The standard InChI is InChI=1S/C15H13ClFN5OS/c1-8(14(23)21-12-4-3-9(17)5-11(12)16)24-15-10-6-20-22(2)13(10)18-7-19-15/h3-8H,1-2H3,(H,21,23). The molecule has 0 radical (unpaired) electrons. The SMILES string of the molecule is CC(Sc1ncnc2c1cnn2C)C(=O)Nc1ccc(F)cc1Cl. The highest BCUT2D eigenvalue weighted by Gasteiger charge is 2.19. The van der Waals surface area contributed by atoms with Crippen molar-refractivity contribution in [1.82, 2.24) is 19.7 Å². The van der Waals surface area contributed by atoms with Gasteiger partial charge in [-0.05, 0) is 25.1 Å². The number of amides is 1. The highest BCUT2D eigenvalue weighted by molar-refractivity contribution is 8.00. The van der Waals surface area contributed by atoms with Crippen LogP contribution in [0.4, 0.5) is 10.1 Å². The summed E-state index contributed by atoms with van der Waals surface area (Å²) in [5.41, 5.74) is 1.06. The van der Waals surface area contributed by atoms with Crippen LogP contribution < -0.4 is 5.32 Å². The molecule has 0 fully saturated rings. The zero-order chi connectivity index (χ0) is 17.3. The normalized spacial score (nSPS) is 12.3. The van der Waals surface area contributed by atoms with Crippen LogP contribution in [0.25, 0.3) is 11.0 Å². The van der Waals surface area contributed by atoms with E-state index in [-0.39, 0.29) is 10.9 Å². The Balaban J connectivity index is 1.76. The second kappa shape index (κ2) is 6.74. The summed E-state index contributed by atoms with van der Waals surface area (Å²) in [4.78, 5) is 20.7. The Bertz CT molecular complexity index is 916. The van der Waals surface area contributed by atoms with E-state index in [9.17, 15) is 9.18 Å². The molecule has 0 spiro atoms. The van der Waals surface area contributed by atoms with Gasteiger partial charge in [-0.3, -0.25) is 9.48 Å². The predicted molar refractivity (Wildman–Crippen MR) is 91.7 cm³/mol. The van der Waals surface area contributed by atoms with Crippen LogP contribution in [0, 0.1) is 5.82 Å². The number of hydrogen-bond donors (Lipinski definition) is 1. The monoisotopic (exact) mass is 365 g/mol. The summed E-state index contributed by atoms with van der Waals surface area (Å²) < 4.78 is 14.7. The number of benzene rings is 1. The lowest BCUT2D eigenvalue weighted by molar-refractivity contribution is -0.115. The molecule has 3 rings (SSSR count). The Morgan fingerprint density at radius 2 is 2.21 bits per heavy atom. The minimum absolute atomic E-state index is 0.150. The summed E-state index contributed by atoms with van der Waals surface area (Å²) in [5, 5.41) is 7.99. The van der Waals surface area contributed by atoms with Gasteiger partial charge in [-0.2, -0.15) is 5.10 Å². The maximum atomic E-state index is 13.1. The van der Waals surface area contributed by atoms with Gasteiger partial charge in [0.1, 0.15) is 17.2 Å². The number of rotatable bonds is 4. The minimum Gasteiger partial charge on any atom is -0.324 e. The molecule has 24 heavy (non-hydrogen) atoms. The van der Waals surface area contributed by atoms with Gasteiger partial charge in [-0.15, -0.1) is 0 Å². The molecule has 0 bridgehead atoms. The van der Waals surface area contributed by atoms with Crippen LogP contribution in [0.1, 0.15) is 6.92 Å². The van der Waals surface area contributed by atoms with Crippen molar-refractivity contribution in [3.63, 3.8) is 0 Å². The summed E-state index contributed by atoms with van der Waals surface area (Å²) >= 11 is 7.22. The second-order valence-corrected chi connectivity index (χ2v) is 6.79. The van der Waals surface area contributed by atoms with Crippen molar-refractivity contribution in [1.29, 1.82) is 0 Å². The topological polar surface area (TPSA) is 72.7 Å². The van der Waals surface area contributed by atoms with E-state index < -0.39 is 11.1 Å².